The molecular weight excluding hydrogens is 471 g/mol. The van der Waals surface area contributed by atoms with Crippen LogP contribution in [0.4, 0.5) is 0 Å². The van der Waals surface area contributed by atoms with E-state index in [1.807, 2.05) is 24.3 Å². The van der Waals surface area contributed by atoms with Crippen LogP contribution in [0.15, 0.2) is 52.4 Å². The van der Waals surface area contributed by atoms with Crippen molar-refractivity contribution in [3.63, 3.8) is 0 Å². The predicted molar refractivity (Wildman–Crippen MR) is 128 cm³/mol. The van der Waals surface area contributed by atoms with Crippen molar-refractivity contribution in [3.05, 3.63) is 63.6 Å². The number of hydrogen-bond donors (Lipinski definition) is 3. The van der Waals surface area contributed by atoms with Crippen LogP contribution in [-0.4, -0.2) is 52.2 Å². The maximum atomic E-state index is 12.4. The second-order valence-electron chi connectivity index (χ2n) is 7.37. The minimum Gasteiger partial charge on any atom is -0.368 e. The van der Waals surface area contributed by atoms with Gasteiger partial charge >= 0.3 is 0 Å². The number of nitrogens with zero attached hydrogens (tertiary/aromatic N) is 1. The zero-order chi connectivity index (χ0) is 23.0. The molecule has 1 amide bonds. The summed E-state index contributed by atoms with van der Waals surface area (Å²) >= 11 is 11.9. The Labute approximate surface area is 198 Å². The third kappa shape index (κ3) is 6.93. The van der Waals surface area contributed by atoms with Gasteiger partial charge in [0.1, 0.15) is 11.7 Å². The summed E-state index contributed by atoms with van der Waals surface area (Å²) in [4.78, 5) is 16.5. The molecule has 0 bridgehead atoms. The number of carbonyl (C=O) groups excluding carboxylic acids is 1. The monoisotopic (exact) mass is 496 g/mol. The van der Waals surface area contributed by atoms with Crippen molar-refractivity contribution in [2.24, 2.45) is 4.99 Å². The number of rotatable bonds is 11. The fourth-order valence-corrected chi connectivity index (χ4v) is 5.16. The van der Waals surface area contributed by atoms with Gasteiger partial charge in [-0.15, -0.1) is 0 Å². The van der Waals surface area contributed by atoms with Crippen LogP contribution in [0.1, 0.15) is 24.0 Å². The Morgan fingerprint density at radius 2 is 1.88 bits per heavy atom. The molecule has 2 aromatic rings. The Morgan fingerprint density at radius 1 is 1.09 bits per heavy atom. The normalized spacial score (nSPS) is 13.5. The average Bonchev–Trinajstić information content (AvgIpc) is 3.32. The van der Waals surface area contributed by atoms with E-state index in [1.54, 1.807) is 6.07 Å². The molecule has 0 radical (unpaired) electrons. The van der Waals surface area contributed by atoms with Gasteiger partial charge in [-0.25, -0.2) is 8.42 Å². The minimum atomic E-state index is -3.59. The zero-order valence-corrected chi connectivity index (χ0v) is 19.9. The summed E-state index contributed by atoms with van der Waals surface area (Å²) in [7, 11) is -3.59. The van der Waals surface area contributed by atoms with Crippen LogP contribution in [0.5, 0.6) is 0 Å². The molecule has 2 aromatic carbocycles. The molecule has 3 N–H and O–H groups in total. The number of hydrogen-bond acceptors (Lipinski definition) is 6. The second kappa shape index (κ2) is 11.7. The first-order valence-corrected chi connectivity index (χ1v) is 12.8. The van der Waals surface area contributed by atoms with Gasteiger partial charge in [0.2, 0.25) is 5.91 Å². The summed E-state index contributed by atoms with van der Waals surface area (Å²) in [5, 5.41) is 9.20. The van der Waals surface area contributed by atoms with Crippen molar-refractivity contribution in [2.45, 2.75) is 24.2 Å². The Morgan fingerprint density at radius 3 is 2.59 bits per heavy atom. The molecule has 1 aliphatic heterocycles. The third-order valence-electron chi connectivity index (χ3n) is 4.94. The van der Waals surface area contributed by atoms with Gasteiger partial charge in [0.25, 0.3) is 0 Å². The highest BCUT2D eigenvalue weighted by atomic mass is 35.5. The third-order valence-corrected chi connectivity index (χ3v) is 7.46. The number of nitrogens with one attached hydrogen (secondary N) is 3. The van der Waals surface area contributed by atoms with Crippen LogP contribution in [0, 0.1) is 0 Å². The van der Waals surface area contributed by atoms with E-state index in [9.17, 15) is 13.2 Å². The summed E-state index contributed by atoms with van der Waals surface area (Å²) in [6.07, 6.45) is 1.66. The zero-order valence-electron chi connectivity index (χ0n) is 17.5. The number of halogens is 2. The fourth-order valence-electron chi connectivity index (χ4n) is 3.22. The first kappa shape index (κ1) is 24.5. The fraction of sp³-hybridized carbons (Fsp3) is 0.364. The van der Waals surface area contributed by atoms with E-state index >= 15 is 0 Å². The highest BCUT2D eigenvalue weighted by Crippen LogP contribution is 2.29. The van der Waals surface area contributed by atoms with Crippen molar-refractivity contribution in [3.8, 4) is 0 Å². The Kier molecular flexibility index (Phi) is 8.92. The standard InChI is InChI=1S/C22H26Cl2N4O3S/c23-18-3-1-4-19(21(18)24)32(30,31)15-25-11-2-12-26-20(29)10-7-16-5-8-17(9-6-16)22-27-13-14-28-22/h1,3-6,8-9,25H,2,7,10-15H2,(H,26,29)(H,27,28). The molecule has 0 spiro atoms. The number of aliphatic imine (C=N–C) groups is 1. The largest absolute Gasteiger partial charge is 0.368 e. The molecule has 0 saturated heterocycles. The molecule has 0 aromatic heterocycles. The van der Waals surface area contributed by atoms with Crippen LogP contribution >= 0.6 is 23.2 Å². The average molecular weight is 497 g/mol. The molecule has 1 heterocycles. The number of carbonyl (C=O) groups is 1. The summed E-state index contributed by atoms with van der Waals surface area (Å²) < 4.78 is 24.8. The lowest BCUT2D eigenvalue weighted by atomic mass is 10.1. The lowest BCUT2D eigenvalue weighted by Gasteiger charge is -2.09. The van der Waals surface area contributed by atoms with Gasteiger partial charge in [0.05, 0.1) is 21.5 Å². The Bertz CT molecular complexity index is 1070. The number of aryl methyl sites for hydroxylation is 1. The van der Waals surface area contributed by atoms with Gasteiger partial charge < -0.3 is 16.0 Å². The van der Waals surface area contributed by atoms with Crippen molar-refractivity contribution in [2.75, 3.05) is 32.1 Å². The van der Waals surface area contributed by atoms with Crippen molar-refractivity contribution in [1.82, 2.24) is 16.0 Å². The van der Waals surface area contributed by atoms with E-state index in [0.717, 1.165) is 30.1 Å². The molecule has 1 aliphatic rings. The smallest absolute Gasteiger partial charge is 0.220 e. The van der Waals surface area contributed by atoms with E-state index in [-0.39, 0.29) is 26.7 Å². The van der Waals surface area contributed by atoms with Gasteiger partial charge in [-0.3, -0.25) is 9.79 Å². The minimum absolute atomic E-state index is 0.00740. The van der Waals surface area contributed by atoms with Gasteiger partial charge in [0.15, 0.2) is 9.84 Å². The molecular formula is C22H26Cl2N4O3S. The summed E-state index contributed by atoms with van der Waals surface area (Å²) in [5.41, 5.74) is 2.15. The van der Waals surface area contributed by atoms with Gasteiger partial charge in [-0.2, -0.15) is 0 Å². The molecule has 0 aliphatic carbocycles. The van der Waals surface area contributed by atoms with Crippen LogP contribution < -0.4 is 16.0 Å². The molecule has 32 heavy (non-hydrogen) atoms. The maximum absolute atomic E-state index is 12.4. The SMILES string of the molecule is O=C(CCc1ccc(C2=NCCN2)cc1)NCCCNCS(=O)(=O)c1cccc(Cl)c1Cl. The maximum Gasteiger partial charge on any atom is 0.220 e. The molecule has 172 valence electrons. The van der Waals surface area contributed by atoms with Crippen LogP contribution in [0.3, 0.4) is 0 Å². The van der Waals surface area contributed by atoms with Crippen molar-refractivity contribution >= 4 is 44.8 Å². The molecule has 0 saturated carbocycles. The van der Waals surface area contributed by atoms with Crippen LogP contribution in [0.25, 0.3) is 0 Å². The topological polar surface area (TPSA) is 99.7 Å². The molecule has 10 heteroatoms. The van der Waals surface area contributed by atoms with E-state index in [1.165, 1.54) is 12.1 Å². The highest BCUT2D eigenvalue weighted by Gasteiger charge is 2.19. The first-order valence-electron chi connectivity index (χ1n) is 10.4. The van der Waals surface area contributed by atoms with Gasteiger partial charge in [0, 0.05) is 25.1 Å². The van der Waals surface area contributed by atoms with E-state index < -0.39 is 9.84 Å². The lowest BCUT2D eigenvalue weighted by Crippen LogP contribution is -2.29. The number of amidine groups is 1. The highest BCUT2D eigenvalue weighted by molar-refractivity contribution is 7.91. The summed E-state index contributed by atoms with van der Waals surface area (Å²) in [5.74, 6) is 0.638. The Balaban J connectivity index is 1.31. The summed E-state index contributed by atoms with van der Waals surface area (Å²) in [6.45, 7) is 2.59. The number of amides is 1. The predicted octanol–water partition coefficient (Wildman–Crippen LogP) is 2.80. The molecule has 0 fully saturated rings. The second-order valence-corrected chi connectivity index (χ2v) is 10.1. The van der Waals surface area contributed by atoms with E-state index in [2.05, 4.69) is 20.9 Å². The quantitative estimate of drug-likeness (QED) is 0.415. The number of sulfone groups is 1. The van der Waals surface area contributed by atoms with Crippen molar-refractivity contribution < 1.29 is 13.2 Å². The van der Waals surface area contributed by atoms with E-state index in [4.69, 9.17) is 23.2 Å². The molecule has 3 rings (SSSR count). The summed E-state index contributed by atoms with van der Waals surface area (Å²) in [6, 6.07) is 12.6. The molecule has 7 nitrogen and oxygen atoms in total. The molecule has 0 atom stereocenters. The van der Waals surface area contributed by atoms with Crippen LogP contribution in [-0.2, 0) is 21.1 Å². The van der Waals surface area contributed by atoms with Crippen molar-refractivity contribution in [1.29, 1.82) is 0 Å². The van der Waals surface area contributed by atoms with Crippen LogP contribution in [0.2, 0.25) is 10.0 Å². The Hall–Kier alpha value is -2.13. The molecule has 0 unspecified atom stereocenters. The number of benzene rings is 2. The van der Waals surface area contributed by atoms with Gasteiger partial charge in [-0.05, 0) is 37.1 Å². The lowest BCUT2D eigenvalue weighted by molar-refractivity contribution is -0.121. The van der Waals surface area contributed by atoms with E-state index in [0.29, 0.717) is 32.4 Å². The van der Waals surface area contributed by atoms with Gasteiger partial charge in [-0.1, -0.05) is 53.5 Å². The first-order chi connectivity index (χ1) is 15.4.